The van der Waals surface area contributed by atoms with Crippen LogP contribution in [0.5, 0.6) is 5.75 Å². The van der Waals surface area contributed by atoms with E-state index < -0.39 is 12.2 Å². The summed E-state index contributed by atoms with van der Waals surface area (Å²) in [6, 6.07) is 9.40. The molecule has 1 aliphatic rings. The first-order valence-corrected chi connectivity index (χ1v) is 7.12. The SMILES string of the molecule is C[C@H](Oc1ccccc1Br)C(=O)N1CCO[C@@H](C#N)C1. The highest BCUT2D eigenvalue weighted by Gasteiger charge is 2.28. The topological polar surface area (TPSA) is 62.6 Å². The second-order valence-corrected chi connectivity index (χ2v) is 5.32. The van der Waals surface area contributed by atoms with Gasteiger partial charge in [-0.2, -0.15) is 5.26 Å². The molecule has 5 nitrogen and oxygen atoms in total. The first kappa shape index (κ1) is 14.8. The van der Waals surface area contributed by atoms with E-state index in [-0.39, 0.29) is 5.91 Å². The van der Waals surface area contributed by atoms with Gasteiger partial charge in [0.05, 0.1) is 23.7 Å². The van der Waals surface area contributed by atoms with Crippen LogP contribution in [0.25, 0.3) is 0 Å². The molecule has 0 bridgehead atoms. The maximum absolute atomic E-state index is 12.3. The Morgan fingerprint density at radius 1 is 1.60 bits per heavy atom. The van der Waals surface area contributed by atoms with E-state index in [1.54, 1.807) is 17.9 Å². The number of para-hydroxylation sites is 1. The van der Waals surface area contributed by atoms with Crippen molar-refractivity contribution >= 4 is 21.8 Å². The fraction of sp³-hybridized carbons (Fsp3) is 0.429. The molecule has 0 saturated carbocycles. The molecule has 20 heavy (non-hydrogen) atoms. The van der Waals surface area contributed by atoms with Crippen molar-refractivity contribution in [2.75, 3.05) is 19.7 Å². The maximum Gasteiger partial charge on any atom is 0.263 e. The third kappa shape index (κ3) is 3.50. The van der Waals surface area contributed by atoms with E-state index in [0.29, 0.717) is 25.4 Å². The van der Waals surface area contributed by atoms with Crippen LogP contribution in [0.1, 0.15) is 6.92 Å². The number of ether oxygens (including phenoxy) is 2. The Labute approximate surface area is 126 Å². The molecule has 1 aromatic carbocycles. The van der Waals surface area contributed by atoms with Crippen LogP contribution < -0.4 is 4.74 Å². The molecule has 0 unspecified atom stereocenters. The number of halogens is 1. The molecule has 1 amide bonds. The van der Waals surface area contributed by atoms with Crippen LogP contribution in [-0.2, 0) is 9.53 Å². The summed E-state index contributed by atoms with van der Waals surface area (Å²) in [5.41, 5.74) is 0. The normalized spacial score (nSPS) is 20.1. The van der Waals surface area contributed by atoms with Crippen molar-refractivity contribution < 1.29 is 14.3 Å². The number of rotatable bonds is 3. The summed E-state index contributed by atoms with van der Waals surface area (Å²) >= 11 is 3.38. The monoisotopic (exact) mass is 338 g/mol. The molecule has 2 rings (SSSR count). The van der Waals surface area contributed by atoms with Gasteiger partial charge in [0, 0.05) is 6.54 Å². The lowest BCUT2D eigenvalue weighted by Gasteiger charge is -2.31. The minimum Gasteiger partial charge on any atom is -0.480 e. The van der Waals surface area contributed by atoms with E-state index in [2.05, 4.69) is 15.9 Å². The first-order valence-electron chi connectivity index (χ1n) is 6.33. The van der Waals surface area contributed by atoms with E-state index in [9.17, 15) is 4.79 Å². The van der Waals surface area contributed by atoms with Crippen molar-refractivity contribution in [1.82, 2.24) is 4.90 Å². The Morgan fingerprint density at radius 2 is 2.35 bits per heavy atom. The summed E-state index contributed by atoms with van der Waals surface area (Å²) in [7, 11) is 0. The summed E-state index contributed by atoms with van der Waals surface area (Å²) in [5, 5.41) is 8.85. The van der Waals surface area contributed by atoms with Crippen LogP contribution in [0.3, 0.4) is 0 Å². The minimum atomic E-state index is -0.605. The predicted molar refractivity (Wildman–Crippen MR) is 76.2 cm³/mol. The molecule has 106 valence electrons. The number of carbonyl (C=O) groups excluding carboxylic acids is 1. The zero-order valence-corrected chi connectivity index (χ0v) is 12.7. The van der Waals surface area contributed by atoms with Gasteiger partial charge in [0.25, 0.3) is 5.91 Å². The molecule has 0 spiro atoms. The Morgan fingerprint density at radius 3 is 3.05 bits per heavy atom. The van der Waals surface area contributed by atoms with Crippen molar-refractivity contribution in [2.24, 2.45) is 0 Å². The molecule has 0 aliphatic carbocycles. The van der Waals surface area contributed by atoms with Crippen LogP contribution in [-0.4, -0.2) is 42.7 Å². The second kappa shape index (κ2) is 6.73. The summed E-state index contributed by atoms with van der Waals surface area (Å²) in [4.78, 5) is 13.9. The maximum atomic E-state index is 12.3. The van der Waals surface area contributed by atoms with E-state index in [1.165, 1.54) is 0 Å². The third-order valence-corrected chi connectivity index (χ3v) is 3.67. The van der Waals surface area contributed by atoms with Crippen molar-refractivity contribution in [1.29, 1.82) is 5.26 Å². The standard InChI is InChI=1S/C14H15BrN2O3/c1-10(20-13-5-3-2-4-12(13)15)14(18)17-6-7-19-11(8-16)9-17/h2-5,10-11H,6-7,9H2,1H3/t10-,11-/m0/s1. The Balaban J connectivity index is 1.99. The van der Waals surface area contributed by atoms with Crippen molar-refractivity contribution in [3.8, 4) is 11.8 Å². The lowest BCUT2D eigenvalue weighted by molar-refractivity contribution is -0.143. The van der Waals surface area contributed by atoms with Gasteiger partial charge in [-0.3, -0.25) is 4.79 Å². The molecular weight excluding hydrogens is 324 g/mol. The van der Waals surface area contributed by atoms with Crippen molar-refractivity contribution in [2.45, 2.75) is 19.1 Å². The summed E-state index contributed by atoms with van der Waals surface area (Å²) in [6.07, 6.45) is -1.16. The average Bonchev–Trinajstić information content (AvgIpc) is 2.48. The Hall–Kier alpha value is -1.58. The second-order valence-electron chi connectivity index (χ2n) is 4.46. The van der Waals surface area contributed by atoms with Gasteiger partial charge >= 0.3 is 0 Å². The molecule has 1 saturated heterocycles. The number of hydrogen-bond donors (Lipinski definition) is 0. The van der Waals surface area contributed by atoms with Crippen molar-refractivity contribution in [3.63, 3.8) is 0 Å². The molecule has 0 N–H and O–H groups in total. The molecule has 2 atom stereocenters. The lowest BCUT2D eigenvalue weighted by atomic mass is 10.2. The largest absolute Gasteiger partial charge is 0.480 e. The first-order chi connectivity index (χ1) is 9.61. The van der Waals surface area contributed by atoms with Crippen LogP contribution in [0, 0.1) is 11.3 Å². The quantitative estimate of drug-likeness (QED) is 0.845. The van der Waals surface area contributed by atoms with Gasteiger partial charge in [-0.25, -0.2) is 0 Å². The van der Waals surface area contributed by atoms with Crippen LogP contribution in [0.2, 0.25) is 0 Å². The highest BCUT2D eigenvalue weighted by Crippen LogP contribution is 2.25. The third-order valence-electron chi connectivity index (χ3n) is 3.01. The summed E-state index contributed by atoms with van der Waals surface area (Å²) < 4.78 is 11.7. The number of morpholine rings is 1. The number of amides is 1. The van der Waals surface area contributed by atoms with Crippen LogP contribution >= 0.6 is 15.9 Å². The molecular formula is C14H15BrN2O3. The molecule has 6 heteroatoms. The van der Waals surface area contributed by atoms with Gasteiger partial charge < -0.3 is 14.4 Å². The highest BCUT2D eigenvalue weighted by atomic mass is 79.9. The van der Waals surface area contributed by atoms with E-state index >= 15 is 0 Å². The van der Waals surface area contributed by atoms with Gasteiger partial charge in [-0.05, 0) is 35.0 Å². The fourth-order valence-corrected chi connectivity index (χ4v) is 2.34. The molecule has 1 heterocycles. The number of nitriles is 1. The molecule has 1 aromatic rings. The average molecular weight is 339 g/mol. The summed E-state index contributed by atoms with van der Waals surface area (Å²) in [5.74, 6) is 0.489. The lowest BCUT2D eigenvalue weighted by Crippen LogP contribution is -2.49. The number of benzene rings is 1. The number of nitrogens with zero attached hydrogens (tertiary/aromatic N) is 2. The number of carbonyl (C=O) groups is 1. The molecule has 0 radical (unpaired) electrons. The zero-order chi connectivity index (χ0) is 14.5. The van der Waals surface area contributed by atoms with Gasteiger partial charge in [0.2, 0.25) is 0 Å². The van der Waals surface area contributed by atoms with Gasteiger partial charge in [-0.1, -0.05) is 12.1 Å². The fourth-order valence-electron chi connectivity index (χ4n) is 1.97. The Bertz CT molecular complexity index is 529. The van der Waals surface area contributed by atoms with Gasteiger partial charge in [0.1, 0.15) is 5.75 Å². The van der Waals surface area contributed by atoms with E-state index in [0.717, 1.165) is 4.47 Å². The van der Waals surface area contributed by atoms with Gasteiger partial charge in [0.15, 0.2) is 12.2 Å². The Kier molecular flexibility index (Phi) is 4.99. The van der Waals surface area contributed by atoms with Crippen LogP contribution in [0.4, 0.5) is 0 Å². The zero-order valence-electron chi connectivity index (χ0n) is 11.1. The van der Waals surface area contributed by atoms with Crippen molar-refractivity contribution in [3.05, 3.63) is 28.7 Å². The predicted octanol–water partition coefficient (Wildman–Crippen LogP) is 1.97. The minimum absolute atomic E-state index is 0.135. The molecule has 1 aliphatic heterocycles. The molecule has 1 fully saturated rings. The number of hydrogen-bond acceptors (Lipinski definition) is 4. The van der Waals surface area contributed by atoms with E-state index in [1.807, 2.05) is 24.3 Å². The van der Waals surface area contributed by atoms with Crippen LogP contribution in [0.15, 0.2) is 28.7 Å². The van der Waals surface area contributed by atoms with E-state index in [4.69, 9.17) is 14.7 Å². The summed E-state index contributed by atoms with van der Waals surface area (Å²) in [6.45, 7) is 2.87. The molecule has 0 aromatic heterocycles. The smallest absolute Gasteiger partial charge is 0.263 e. The highest BCUT2D eigenvalue weighted by molar-refractivity contribution is 9.10. The van der Waals surface area contributed by atoms with Gasteiger partial charge in [-0.15, -0.1) is 0 Å².